The first-order chi connectivity index (χ1) is 12.7. The lowest BCUT2D eigenvalue weighted by Crippen LogP contribution is -2.50. The molecular weight excluding hydrogens is 432 g/mol. The molecule has 0 saturated carbocycles. The van der Waals surface area contributed by atoms with Crippen LogP contribution in [-0.2, 0) is 4.79 Å². The molecule has 134 valence electrons. The van der Waals surface area contributed by atoms with Gasteiger partial charge in [0.1, 0.15) is 5.70 Å². The average molecular weight is 449 g/mol. The smallest absolute Gasteiger partial charge is 0.276 e. The maximum atomic E-state index is 12.9. The molecule has 2 aromatic rings. The van der Waals surface area contributed by atoms with Crippen LogP contribution in [0.3, 0.4) is 0 Å². The molecule has 0 radical (unpaired) electrons. The molecule has 1 aromatic carbocycles. The van der Waals surface area contributed by atoms with Crippen molar-refractivity contribution >= 4 is 55.8 Å². The monoisotopic (exact) mass is 448 g/mol. The third-order valence-corrected chi connectivity index (χ3v) is 6.29. The van der Waals surface area contributed by atoms with Gasteiger partial charge in [0.05, 0.1) is 5.36 Å². The molecule has 4 rings (SSSR count). The quantitative estimate of drug-likeness (QED) is 0.730. The van der Waals surface area contributed by atoms with Crippen molar-refractivity contribution in [1.29, 1.82) is 0 Å². The van der Waals surface area contributed by atoms with E-state index in [1.807, 2.05) is 29.6 Å². The second kappa shape index (κ2) is 7.54. The Balaban J connectivity index is 1.85. The fourth-order valence-corrected chi connectivity index (χ4v) is 4.84. The van der Waals surface area contributed by atoms with Crippen LogP contribution >= 0.6 is 39.0 Å². The number of unbranched alkanes of at least 4 members (excludes halogenated alkanes) is 1. The summed E-state index contributed by atoms with van der Waals surface area (Å²) < 4.78 is 0.910. The van der Waals surface area contributed by atoms with Gasteiger partial charge in [-0.05, 0) is 41.4 Å². The predicted octanol–water partition coefficient (Wildman–Crippen LogP) is 3.19. The van der Waals surface area contributed by atoms with E-state index >= 15 is 0 Å². The van der Waals surface area contributed by atoms with E-state index in [1.165, 1.54) is 0 Å². The highest BCUT2D eigenvalue weighted by Crippen LogP contribution is 2.31. The van der Waals surface area contributed by atoms with E-state index in [1.54, 1.807) is 28.1 Å². The van der Waals surface area contributed by atoms with Crippen LogP contribution in [0.15, 0.2) is 49.6 Å². The first-order valence-electron chi connectivity index (χ1n) is 8.39. The number of hydrogen-bond donors (Lipinski definition) is 1. The van der Waals surface area contributed by atoms with Crippen LogP contribution in [0.1, 0.15) is 31.5 Å². The van der Waals surface area contributed by atoms with E-state index in [0.717, 1.165) is 39.2 Å². The molecular formula is C18H17BrN4OS2. The lowest BCUT2D eigenvalue weighted by molar-refractivity contribution is -0.116. The fourth-order valence-electron chi connectivity index (χ4n) is 2.87. The van der Waals surface area contributed by atoms with Gasteiger partial charge in [0, 0.05) is 21.0 Å². The number of rotatable bonds is 4. The maximum absolute atomic E-state index is 12.9. The molecule has 1 aromatic heterocycles. The fraction of sp³-hybridized carbons (Fsp3) is 0.278. The maximum Gasteiger partial charge on any atom is 0.276 e. The summed E-state index contributed by atoms with van der Waals surface area (Å²) in [6.07, 6.45) is 1.88. The Bertz CT molecular complexity index is 987. The number of nitrogens with zero attached hydrogens (tertiary/aromatic N) is 3. The van der Waals surface area contributed by atoms with Crippen molar-refractivity contribution in [2.45, 2.75) is 25.9 Å². The lowest BCUT2D eigenvalue weighted by Gasteiger charge is -2.33. The molecule has 1 N–H and O–H groups in total. The first-order valence-corrected chi connectivity index (χ1v) is 11.1. The van der Waals surface area contributed by atoms with Crippen LogP contribution in [0.2, 0.25) is 0 Å². The zero-order valence-electron chi connectivity index (χ0n) is 14.1. The van der Waals surface area contributed by atoms with Gasteiger partial charge in [0.15, 0.2) is 11.3 Å². The minimum atomic E-state index is -0.322. The number of amides is 1. The molecule has 2 aliphatic rings. The Hall–Kier alpha value is -1.64. The van der Waals surface area contributed by atoms with E-state index < -0.39 is 0 Å². The molecule has 5 nitrogen and oxygen atoms in total. The van der Waals surface area contributed by atoms with Crippen molar-refractivity contribution in [3.05, 3.63) is 55.6 Å². The third kappa shape index (κ3) is 3.33. The highest BCUT2D eigenvalue weighted by atomic mass is 79.9. The van der Waals surface area contributed by atoms with E-state index in [9.17, 15) is 4.79 Å². The second-order valence-corrected chi connectivity index (χ2v) is 8.75. The highest BCUT2D eigenvalue weighted by molar-refractivity contribution is 9.10. The summed E-state index contributed by atoms with van der Waals surface area (Å²) in [5, 5.41) is 15.8. The van der Waals surface area contributed by atoms with E-state index in [0.29, 0.717) is 10.9 Å². The SMILES string of the molecule is CCCCSC1=NN2C(=c3cc(Br)ccc3=N[C@H]2c2ccsc2)C(=O)N1. The number of fused-ring (bicyclic) bond motifs is 2. The van der Waals surface area contributed by atoms with Gasteiger partial charge in [-0.2, -0.15) is 11.3 Å². The summed E-state index contributed by atoms with van der Waals surface area (Å²) in [4.78, 5) is 17.8. The molecule has 2 aliphatic heterocycles. The summed E-state index contributed by atoms with van der Waals surface area (Å²) in [5.74, 6) is 0.801. The summed E-state index contributed by atoms with van der Waals surface area (Å²) in [6.45, 7) is 2.15. The van der Waals surface area contributed by atoms with Gasteiger partial charge >= 0.3 is 0 Å². The molecule has 0 bridgehead atoms. The molecule has 1 atom stereocenters. The normalized spacial score (nSPS) is 18.6. The Morgan fingerprint density at radius 3 is 3.04 bits per heavy atom. The van der Waals surface area contributed by atoms with Crippen molar-refractivity contribution in [3.63, 3.8) is 0 Å². The van der Waals surface area contributed by atoms with Crippen molar-refractivity contribution in [2.24, 2.45) is 10.1 Å². The molecule has 0 aliphatic carbocycles. The van der Waals surface area contributed by atoms with Gasteiger partial charge in [0.2, 0.25) is 0 Å². The standard InChI is InChI=1S/C18H17BrN4OS2/c1-2-3-7-26-18-21-17(24)15-13-9-12(19)4-5-14(13)20-16(23(15)22-18)11-6-8-25-10-11/h4-6,8-10,16H,2-3,7H2,1H3,(H,21,22,24)/t16-/m1/s1. The third-order valence-electron chi connectivity index (χ3n) is 4.15. The Morgan fingerprint density at radius 2 is 2.27 bits per heavy atom. The minimum Gasteiger partial charge on any atom is -0.298 e. The minimum absolute atomic E-state index is 0.131. The largest absolute Gasteiger partial charge is 0.298 e. The number of hydrogen-bond acceptors (Lipinski definition) is 6. The lowest BCUT2D eigenvalue weighted by atomic mass is 10.1. The number of carbonyl (C=O) groups is 1. The number of nitrogens with one attached hydrogen (secondary N) is 1. The number of thioether (sulfide) groups is 1. The molecule has 3 heterocycles. The van der Waals surface area contributed by atoms with Crippen molar-refractivity contribution in [1.82, 2.24) is 10.3 Å². The van der Waals surface area contributed by atoms with Gasteiger partial charge in [-0.15, -0.1) is 5.10 Å². The Kier molecular flexibility index (Phi) is 5.15. The number of amidine groups is 1. The summed E-state index contributed by atoms with van der Waals surface area (Å²) >= 11 is 6.69. The number of benzene rings is 1. The van der Waals surface area contributed by atoms with Crippen LogP contribution in [0.25, 0.3) is 5.70 Å². The summed E-state index contributed by atoms with van der Waals surface area (Å²) in [6, 6.07) is 7.84. The van der Waals surface area contributed by atoms with Gasteiger partial charge in [0.25, 0.3) is 5.91 Å². The van der Waals surface area contributed by atoms with Crippen LogP contribution < -0.4 is 15.9 Å². The van der Waals surface area contributed by atoms with Crippen molar-refractivity contribution in [2.75, 3.05) is 5.75 Å². The first kappa shape index (κ1) is 17.8. The van der Waals surface area contributed by atoms with Crippen LogP contribution in [0.5, 0.6) is 0 Å². The van der Waals surface area contributed by atoms with Crippen molar-refractivity contribution in [3.8, 4) is 0 Å². The number of thiophene rings is 1. The van der Waals surface area contributed by atoms with E-state index in [4.69, 9.17) is 10.1 Å². The average Bonchev–Trinajstić information content (AvgIpc) is 3.15. The van der Waals surface area contributed by atoms with Crippen LogP contribution in [-0.4, -0.2) is 21.8 Å². The number of carbonyl (C=O) groups excluding carboxylic acids is 1. The zero-order valence-corrected chi connectivity index (χ0v) is 17.3. The van der Waals surface area contributed by atoms with Gasteiger partial charge in [-0.25, -0.2) is 5.01 Å². The van der Waals surface area contributed by atoms with Gasteiger partial charge in [-0.1, -0.05) is 41.0 Å². The number of halogens is 1. The molecule has 0 unspecified atom stereocenters. The topological polar surface area (TPSA) is 57.1 Å². The Morgan fingerprint density at radius 1 is 1.38 bits per heavy atom. The van der Waals surface area contributed by atoms with Gasteiger partial charge < -0.3 is 0 Å². The van der Waals surface area contributed by atoms with Crippen LogP contribution in [0.4, 0.5) is 0 Å². The molecule has 0 fully saturated rings. The van der Waals surface area contributed by atoms with Gasteiger partial charge in [-0.3, -0.25) is 15.1 Å². The van der Waals surface area contributed by atoms with Crippen LogP contribution in [0, 0.1) is 0 Å². The summed E-state index contributed by atoms with van der Waals surface area (Å²) in [5.41, 5.74) is 1.59. The molecule has 0 spiro atoms. The highest BCUT2D eigenvalue weighted by Gasteiger charge is 2.34. The van der Waals surface area contributed by atoms with E-state index in [-0.39, 0.29) is 12.1 Å². The second-order valence-electron chi connectivity index (χ2n) is 5.98. The summed E-state index contributed by atoms with van der Waals surface area (Å²) in [7, 11) is 0. The zero-order chi connectivity index (χ0) is 18.1. The molecule has 8 heteroatoms. The molecule has 26 heavy (non-hydrogen) atoms. The molecule has 0 saturated heterocycles. The van der Waals surface area contributed by atoms with Crippen molar-refractivity contribution < 1.29 is 4.79 Å². The number of hydrazone groups is 1. The predicted molar refractivity (Wildman–Crippen MR) is 110 cm³/mol. The molecule has 1 amide bonds. The van der Waals surface area contributed by atoms with E-state index in [2.05, 4.69) is 33.6 Å². The Labute approximate surface area is 168 Å².